The number of aryl methyl sites for hydroxylation is 1. The van der Waals surface area contributed by atoms with Crippen molar-refractivity contribution in [3.8, 4) is 5.75 Å². The van der Waals surface area contributed by atoms with Crippen LogP contribution in [0.25, 0.3) is 10.8 Å². The first-order chi connectivity index (χ1) is 10.9. The normalized spacial score (nSPS) is 16.8. The van der Waals surface area contributed by atoms with Crippen LogP contribution in [0.15, 0.2) is 29.2 Å². The van der Waals surface area contributed by atoms with E-state index in [2.05, 4.69) is 4.90 Å². The number of morpholine rings is 1. The van der Waals surface area contributed by atoms with Crippen LogP contribution in [0.2, 0.25) is 0 Å². The average Bonchev–Trinajstić information content (AvgIpc) is 2.52. The SMILES string of the molecule is Cc1cc(CN2CCOCC2)c(O)c2c(S(N)(=O)=O)cccc12. The number of sulfonamides is 1. The van der Waals surface area contributed by atoms with Crippen molar-refractivity contribution < 1.29 is 18.3 Å². The van der Waals surface area contributed by atoms with E-state index in [9.17, 15) is 13.5 Å². The summed E-state index contributed by atoms with van der Waals surface area (Å²) in [6, 6.07) is 6.75. The molecule has 2 aromatic rings. The second-order valence-electron chi connectivity index (χ2n) is 5.81. The Labute approximate surface area is 135 Å². The number of phenols is 1. The van der Waals surface area contributed by atoms with Gasteiger partial charge in [-0.3, -0.25) is 4.90 Å². The third kappa shape index (κ3) is 3.18. The van der Waals surface area contributed by atoms with Crippen LogP contribution in [0, 0.1) is 6.92 Å². The summed E-state index contributed by atoms with van der Waals surface area (Å²) in [5.41, 5.74) is 1.61. The molecule has 1 aliphatic heterocycles. The summed E-state index contributed by atoms with van der Waals surface area (Å²) < 4.78 is 29.0. The Bertz CT molecular complexity index is 843. The van der Waals surface area contributed by atoms with E-state index in [0.29, 0.717) is 36.1 Å². The molecule has 0 saturated carbocycles. The highest BCUT2D eigenvalue weighted by Gasteiger charge is 2.20. The highest BCUT2D eigenvalue weighted by atomic mass is 32.2. The van der Waals surface area contributed by atoms with E-state index in [1.807, 2.05) is 13.0 Å². The quantitative estimate of drug-likeness (QED) is 0.882. The van der Waals surface area contributed by atoms with Gasteiger partial charge in [-0.25, -0.2) is 13.6 Å². The maximum absolute atomic E-state index is 11.9. The minimum absolute atomic E-state index is 0.0123. The second kappa shape index (κ2) is 6.09. The number of hydrogen-bond acceptors (Lipinski definition) is 5. The molecule has 1 fully saturated rings. The predicted molar refractivity (Wildman–Crippen MR) is 87.8 cm³/mol. The standard InChI is InChI=1S/C16H20N2O4S/c1-11-9-12(10-18-5-7-22-8-6-18)16(19)15-13(11)3-2-4-14(15)23(17,20)21/h2-4,9,19H,5-8,10H2,1H3,(H2,17,20,21). The van der Waals surface area contributed by atoms with Crippen molar-refractivity contribution >= 4 is 20.8 Å². The molecule has 0 bridgehead atoms. The number of fused-ring (bicyclic) bond motifs is 1. The van der Waals surface area contributed by atoms with Gasteiger partial charge in [-0.2, -0.15) is 0 Å². The van der Waals surface area contributed by atoms with Crippen molar-refractivity contribution in [2.45, 2.75) is 18.4 Å². The van der Waals surface area contributed by atoms with E-state index in [4.69, 9.17) is 9.88 Å². The first kappa shape index (κ1) is 16.2. The molecule has 0 atom stereocenters. The lowest BCUT2D eigenvalue weighted by Crippen LogP contribution is -2.35. The van der Waals surface area contributed by atoms with E-state index in [-0.39, 0.29) is 10.6 Å². The second-order valence-corrected chi connectivity index (χ2v) is 7.34. The lowest BCUT2D eigenvalue weighted by molar-refractivity contribution is 0.0339. The molecular formula is C16H20N2O4S. The fourth-order valence-electron chi connectivity index (χ4n) is 3.03. The van der Waals surface area contributed by atoms with E-state index in [0.717, 1.165) is 18.7 Å². The number of benzene rings is 2. The molecule has 124 valence electrons. The summed E-state index contributed by atoms with van der Waals surface area (Å²) >= 11 is 0. The number of ether oxygens (including phenoxy) is 1. The summed E-state index contributed by atoms with van der Waals surface area (Å²) in [5, 5.41) is 17.0. The van der Waals surface area contributed by atoms with Gasteiger partial charge >= 0.3 is 0 Å². The van der Waals surface area contributed by atoms with Crippen LogP contribution in [-0.2, 0) is 21.3 Å². The van der Waals surface area contributed by atoms with Crippen LogP contribution in [0.4, 0.5) is 0 Å². The highest BCUT2D eigenvalue weighted by molar-refractivity contribution is 7.89. The van der Waals surface area contributed by atoms with Gasteiger partial charge in [-0.05, 0) is 23.9 Å². The van der Waals surface area contributed by atoms with Crippen LogP contribution in [0.3, 0.4) is 0 Å². The van der Waals surface area contributed by atoms with Crippen molar-refractivity contribution in [2.24, 2.45) is 5.14 Å². The zero-order valence-corrected chi connectivity index (χ0v) is 13.8. The zero-order chi connectivity index (χ0) is 16.6. The smallest absolute Gasteiger partial charge is 0.238 e. The molecule has 0 aromatic heterocycles. The fourth-order valence-corrected chi connectivity index (χ4v) is 3.79. The van der Waals surface area contributed by atoms with Crippen LogP contribution < -0.4 is 5.14 Å². The minimum Gasteiger partial charge on any atom is -0.507 e. The molecule has 23 heavy (non-hydrogen) atoms. The Hall–Kier alpha value is -1.67. The van der Waals surface area contributed by atoms with Crippen molar-refractivity contribution in [3.05, 3.63) is 35.4 Å². The lowest BCUT2D eigenvalue weighted by Gasteiger charge is -2.27. The highest BCUT2D eigenvalue weighted by Crippen LogP contribution is 2.36. The van der Waals surface area contributed by atoms with E-state index in [1.165, 1.54) is 6.07 Å². The number of rotatable bonds is 3. The topological polar surface area (TPSA) is 92.9 Å². The molecule has 6 nitrogen and oxygen atoms in total. The van der Waals surface area contributed by atoms with Gasteiger partial charge < -0.3 is 9.84 Å². The molecule has 0 aliphatic carbocycles. The van der Waals surface area contributed by atoms with E-state index in [1.54, 1.807) is 12.1 Å². The zero-order valence-electron chi connectivity index (χ0n) is 12.9. The number of nitrogens with zero attached hydrogens (tertiary/aromatic N) is 1. The summed E-state index contributed by atoms with van der Waals surface area (Å²) in [7, 11) is -3.91. The maximum atomic E-state index is 11.9. The summed E-state index contributed by atoms with van der Waals surface area (Å²) in [6.45, 7) is 5.34. The molecular weight excluding hydrogens is 316 g/mol. The average molecular weight is 336 g/mol. The molecule has 0 radical (unpaired) electrons. The largest absolute Gasteiger partial charge is 0.507 e. The third-order valence-electron chi connectivity index (χ3n) is 4.19. The molecule has 3 rings (SSSR count). The van der Waals surface area contributed by atoms with E-state index >= 15 is 0 Å². The fraction of sp³-hybridized carbons (Fsp3) is 0.375. The molecule has 1 saturated heterocycles. The molecule has 0 spiro atoms. The molecule has 2 aromatic carbocycles. The molecule has 7 heteroatoms. The predicted octanol–water partition coefficient (Wildman–Crippen LogP) is 1.33. The van der Waals surface area contributed by atoms with Crippen LogP contribution >= 0.6 is 0 Å². The molecule has 0 amide bonds. The van der Waals surface area contributed by atoms with Gasteiger partial charge in [0.1, 0.15) is 5.75 Å². The van der Waals surface area contributed by atoms with Crippen LogP contribution in [0.1, 0.15) is 11.1 Å². The number of phenolic OH excluding ortho intramolecular Hbond substituents is 1. The molecule has 1 aliphatic rings. The van der Waals surface area contributed by atoms with Gasteiger partial charge in [-0.1, -0.05) is 18.2 Å². The van der Waals surface area contributed by atoms with Crippen molar-refractivity contribution in [2.75, 3.05) is 26.3 Å². The van der Waals surface area contributed by atoms with Crippen molar-refractivity contribution in [1.29, 1.82) is 0 Å². The molecule has 3 N–H and O–H groups in total. The van der Waals surface area contributed by atoms with Gasteiger partial charge in [0.05, 0.1) is 18.1 Å². The van der Waals surface area contributed by atoms with Crippen LogP contribution in [0.5, 0.6) is 5.75 Å². The van der Waals surface area contributed by atoms with Crippen molar-refractivity contribution in [3.63, 3.8) is 0 Å². The summed E-state index contributed by atoms with van der Waals surface area (Å²) in [6.07, 6.45) is 0. The Morgan fingerprint density at radius 2 is 2.00 bits per heavy atom. The Morgan fingerprint density at radius 3 is 2.65 bits per heavy atom. The van der Waals surface area contributed by atoms with Gasteiger partial charge in [0, 0.05) is 30.6 Å². The summed E-state index contributed by atoms with van der Waals surface area (Å²) in [5.74, 6) is -0.0123. The van der Waals surface area contributed by atoms with Gasteiger partial charge in [-0.15, -0.1) is 0 Å². The summed E-state index contributed by atoms with van der Waals surface area (Å²) in [4.78, 5) is 2.13. The molecule has 1 heterocycles. The first-order valence-electron chi connectivity index (χ1n) is 7.45. The third-order valence-corrected chi connectivity index (χ3v) is 5.14. The Kier molecular flexibility index (Phi) is 4.29. The lowest BCUT2D eigenvalue weighted by atomic mass is 10.00. The number of aromatic hydroxyl groups is 1. The van der Waals surface area contributed by atoms with Gasteiger partial charge in [0.25, 0.3) is 0 Å². The van der Waals surface area contributed by atoms with Crippen LogP contribution in [-0.4, -0.2) is 44.7 Å². The number of primary sulfonamides is 1. The molecule has 0 unspecified atom stereocenters. The Balaban J connectivity index is 2.15. The van der Waals surface area contributed by atoms with Gasteiger partial charge in [0.2, 0.25) is 10.0 Å². The minimum atomic E-state index is -3.91. The monoisotopic (exact) mass is 336 g/mol. The Morgan fingerprint density at radius 1 is 1.30 bits per heavy atom. The maximum Gasteiger partial charge on any atom is 0.238 e. The van der Waals surface area contributed by atoms with Gasteiger partial charge in [0.15, 0.2) is 0 Å². The number of hydrogen-bond donors (Lipinski definition) is 2. The van der Waals surface area contributed by atoms with E-state index < -0.39 is 10.0 Å². The number of nitrogens with two attached hydrogens (primary N) is 1. The van der Waals surface area contributed by atoms with Crippen molar-refractivity contribution in [1.82, 2.24) is 4.90 Å². The first-order valence-corrected chi connectivity index (χ1v) is 8.99.